The lowest BCUT2D eigenvalue weighted by molar-refractivity contribution is 0.552. The van der Waals surface area contributed by atoms with Gasteiger partial charge in [0.25, 0.3) is 0 Å². The predicted octanol–water partition coefficient (Wildman–Crippen LogP) is 2.10. The summed E-state index contributed by atoms with van der Waals surface area (Å²) in [6.07, 6.45) is 6.58. The molecule has 0 amide bonds. The van der Waals surface area contributed by atoms with Crippen LogP contribution in [0.1, 0.15) is 31.2 Å². The van der Waals surface area contributed by atoms with Gasteiger partial charge < -0.3 is 10.6 Å². The van der Waals surface area contributed by atoms with Gasteiger partial charge in [0.05, 0.1) is 4.90 Å². The molecule has 24 heavy (non-hydrogen) atoms. The summed E-state index contributed by atoms with van der Waals surface area (Å²) in [5.74, 6) is 0. The van der Waals surface area contributed by atoms with Crippen LogP contribution < -0.4 is 15.4 Å². The number of sulfonamides is 1. The average molecular weight is 368 g/mol. The van der Waals surface area contributed by atoms with Gasteiger partial charge >= 0.3 is 0 Å². The first-order valence-electron chi connectivity index (χ1n) is 8.25. The monoisotopic (exact) mass is 367 g/mol. The van der Waals surface area contributed by atoms with Crippen LogP contribution in [0.15, 0.2) is 41.8 Å². The van der Waals surface area contributed by atoms with Crippen molar-refractivity contribution in [3.05, 3.63) is 42.5 Å². The fraction of sp³-hybridized carbons (Fsp3) is 0.471. The number of hydrogen-bond acceptors (Lipinski definition) is 3. The van der Waals surface area contributed by atoms with Gasteiger partial charge in [0, 0.05) is 19.1 Å². The van der Waals surface area contributed by atoms with Crippen LogP contribution >= 0.6 is 12.2 Å². The van der Waals surface area contributed by atoms with E-state index in [0.29, 0.717) is 23.1 Å². The third kappa shape index (κ3) is 5.89. The highest BCUT2D eigenvalue weighted by Crippen LogP contribution is 2.20. The Morgan fingerprint density at radius 3 is 2.50 bits per heavy atom. The molecular formula is C17H25N3O2S2. The van der Waals surface area contributed by atoms with Gasteiger partial charge in [-0.3, -0.25) is 0 Å². The smallest absolute Gasteiger partial charge is 0.240 e. The molecule has 5 nitrogen and oxygen atoms in total. The molecule has 1 aliphatic rings. The van der Waals surface area contributed by atoms with Crippen molar-refractivity contribution in [2.75, 3.05) is 13.1 Å². The van der Waals surface area contributed by atoms with Crippen molar-refractivity contribution in [1.29, 1.82) is 0 Å². The van der Waals surface area contributed by atoms with E-state index in [1.165, 1.54) is 0 Å². The van der Waals surface area contributed by atoms with Gasteiger partial charge in [-0.15, -0.1) is 6.58 Å². The fourth-order valence-electron chi connectivity index (χ4n) is 2.71. The zero-order valence-electron chi connectivity index (χ0n) is 13.8. The lowest BCUT2D eigenvalue weighted by Gasteiger charge is -2.13. The molecule has 0 bridgehead atoms. The Labute approximate surface area is 150 Å². The standard InChI is InChI=1S/C17H25N3O2S2/c1-2-12-18-17(23)19-13-11-14-7-9-16(10-8-14)24(21,22)20-15-5-3-4-6-15/h2,7-10,15,20H,1,3-6,11-13H2,(H2,18,19,23). The minimum absolute atomic E-state index is 0.0861. The molecule has 1 aromatic carbocycles. The van der Waals surface area contributed by atoms with E-state index in [-0.39, 0.29) is 6.04 Å². The highest BCUT2D eigenvalue weighted by molar-refractivity contribution is 7.89. The summed E-state index contributed by atoms with van der Waals surface area (Å²) < 4.78 is 27.5. The molecule has 0 aliphatic heterocycles. The van der Waals surface area contributed by atoms with Crippen molar-refractivity contribution in [2.45, 2.75) is 43.0 Å². The van der Waals surface area contributed by atoms with Gasteiger partial charge in [-0.1, -0.05) is 31.1 Å². The topological polar surface area (TPSA) is 70.2 Å². The van der Waals surface area contributed by atoms with Crippen molar-refractivity contribution in [2.24, 2.45) is 0 Å². The highest BCUT2D eigenvalue weighted by Gasteiger charge is 2.22. The zero-order valence-corrected chi connectivity index (χ0v) is 15.4. The van der Waals surface area contributed by atoms with Gasteiger partial charge in [-0.2, -0.15) is 0 Å². The molecule has 0 saturated heterocycles. The summed E-state index contributed by atoms with van der Waals surface area (Å²) in [7, 11) is -3.41. The number of rotatable bonds is 8. The van der Waals surface area contributed by atoms with E-state index in [1.807, 2.05) is 12.1 Å². The second kappa shape index (κ2) is 9.15. The average Bonchev–Trinajstić information content (AvgIpc) is 3.05. The van der Waals surface area contributed by atoms with Crippen molar-refractivity contribution in [1.82, 2.24) is 15.4 Å². The van der Waals surface area contributed by atoms with Crippen LogP contribution in [0.25, 0.3) is 0 Å². The summed E-state index contributed by atoms with van der Waals surface area (Å²) >= 11 is 5.11. The number of benzene rings is 1. The van der Waals surface area contributed by atoms with Crippen molar-refractivity contribution < 1.29 is 8.42 Å². The van der Waals surface area contributed by atoms with E-state index in [9.17, 15) is 8.42 Å². The first-order chi connectivity index (χ1) is 11.5. The zero-order chi connectivity index (χ0) is 17.4. The third-order valence-corrected chi connectivity index (χ3v) is 5.84. The van der Waals surface area contributed by atoms with Crippen molar-refractivity contribution in [3.63, 3.8) is 0 Å². The van der Waals surface area contributed by atoms with Crippen LogP contribution in [0.5, 0.6) is 0 Å². The first kappa shape index (κ1) is 18.9. The van der Waals surface area contributed by atoms with Crippen molar-refractivity contribution in [3.8, 4) is 0 Å². The van der Waals surface area contributed by atoms with Gasteiger partial charge in [0.15, 0.2) is 5.11 Å². The van der Waals surface area contributed by atoms with E-state index in [4.69, 9.17) is 12.2 Å². The molecule has 0 atom stereocenters. The molecule has 2 rings (SSSR count). The van der Waals surface area contributed by atoms with Crippen molar-refractivity contribution >= 4 is 27.4 Å². The minimum Gasteiger partial charge on any atom is -0.362 e. The van der Waals surface area contributed by atoms with E-state index in [2.05, 4.69) is 21.9 Å². The molecule has 1 aliphatic carbocycles. The van der Waals surface area contributed by atoms with Crippen LogP contribution in [0, 0.1) is 0 Å². The van der Waals surface area contributed by atoms with Crippen LogP contribution in [-0.2, 0) is 16.4 Å². The summed E-state index contributed by atoms with van der Waals surface area (Å²) in [6, 6.07) is 7.13. The van der Waals surface area contributed by atoms with E-state index < -0.39 is 10.0 Å². The molecular weight excluding hydrogens is 342 g/mol. The maximum atomic E-state index is 12.3. The highest BCUT2D eigenvalue weighted by atomic mass is 32.2. The quantitative estimate of drug-likeness (QED) is 0.485. The molecule has 1 aromatic rings. The molecule has 1 saturated carbocycles. The lowest BCUT2D eigenvalue weighted by atomic mass is 10.1. The molecule has 0 aromatic heterocycles. The van der Waals surface area contributed by atoms with Gasteiger partial charge in [0.2, 0.25) is 10.0 Å². The Balaban J connectivity index is 1.83. The molecule has 1 fully saturated rings. The Kier molecular flexibility index (Phi) is 7.20. The number of hydrogen-bond donors (Lipinski definition) is 3. The second-order valence-corrected chi connectivity index (χ2v) is 8.04. The summed E-state index contributed by atoms with van der Waals surface area (Å²) in [4.78, 5) is 0.328. The summed E-state index contributed by atoms with van der Waals surface area (Å²) in [5.41, 5.74) is 1.06. The molecule has 0 unspecified atom stereocenters. The third-order valence-electron chi connectivity index (χ3n) is 4.02. The Bertz CT molecular complexity index is 651. The molecule has 0 spiro atoms. The minimum atomic E-state index is -3.41. The molecule has 7 heteroatoms. The fourth-order valence-corrected chi connectivity index (χ4v) is 4.20. The summed E-state index contributed by atoms with van der Waals surface area (Å²) in [6.45, 7) is 4.94. The van der Waals surface area contributed by atoms with Gasteiger partial charge in [-0.25, -0.2) is 13.1 Å². The van der Waals surface area contributed by atoms with Crippen LogP contribution in [-0.4, -0.2) is 32.7 Å². The molecule has 3 N–H and O–H groups in total. The Hall–Kier alpha value is -1.44. The normalized spacial score (nSPS) is 15.2. The Morgan fingerprint density at radius 2 is 1.88 bits per heavy atom. The van der Waals surface area contributed by atoms with Crippen LogP contribution in [0.2, 0.25) is 0 Å². The maximum absolute atomic E-state index is 12.3. The van der Waals surface area contributed by atoms with E-state index in [1.54, 1.807) is 18.2 Å². The first-order valence-corrected chi connectivity index (χ1v) is 10.1. The van der Waals surface area contributed by atoms with Gasteiger partial charge in [0.1, 0.15) is 0 Å². The molecule has 0 radical (unpaired) electrons. The van der Waals surface area contributed by atoms with Crippen LogP contribution in [0.3, 0.4) is 0 Å². The lowest BCUT2D eigenvalue weighted by Crippen LogP contribution is -2.36. The second-order valence-electron chi connectivity index (χ2n) is 5.92. The van der Waals surface area contributed by atoms with E-state index >= 15 is 0 Å². The van der Waals surface area contributed by atoms with Gasteiger partial charge in [-0.05, 0) is 49.2 Å². The molecule has 132 valence electrons. The predicted molar refractivity (Wildman–Crippen MR) is 102 cm³/mol. The SMILES string of the molecule is C=CCNC(=S)NCCc1ccc(S(=O)(=O)NC2CCCC2)cc1. The van der Waals surface area contributed by atoms with E-state index in [0.717, 1.165) is 37.7 Å². The largest absolute Gasteiger partial charge is 0.362 e. The van der Waals surface area contributed by atoms with Crippen LogP contribution in [0.4, 0.5) is 0 Å². The maximum Gasteiger partial charge on any atom is 0.240 e. The number of nitrogens with one attached hydrogen (secondary N) is 3. The number of thiocarbonyl (C=S) groups is 1. The Morgan fingerprint density at radius 1 is 1.21 bits per heavy atom. The summed E-state index contributed by atoms with van der Waals surface area (Å²) in [5, 5.41) is 6.69. The molecule has 0 heterocycles.